The Morgan fingerprint density at radius 2 is 1.15 bits per heavy atom. The van der Waals surface area contributed by atoms with Crippen molar-refractivity contribution < 1.29 is 33.3 Å². The Balaban J connectivity index is 0.00000274. The van der Waals surface area contributed by atoms with Gasteiger partial charge in [0.15, 0.2) is 0 Å². The van der Waals surface area contributed by atoms with Gasteiger partial charge >= 0.3 is 17.9 Å². The van der Waals surface area contributed by atoms with Crippen LogP contribution in [0, 0.1) is 0 Å². The zero-order valence-corrected chi connectivity index (χ0v) is 23.5. The molecule has 0 amide bonds. The van der Waals surface area contributed by atoms with Crippen molar-refractivity contribution in [2.24, 2.45) is 0 Å². The van der Waals surface area contributed by atoms with Crippen molar-refractivity contribution in [2.75, 3.05) is 13.2 Å². The average Bonchev–Trinajstić information content (AvgIpc) is 3.00. The van der Waals surface area contributed by atoms with Crippen LogP contribution in [0.25, 0.3) is 0 Å². The van der Waals surface area contributed by atoms with Crippen LogP contribution in [0.15, 0.2) is 85.5 Å². The first kappa shape index (κ1) is 31.8. The lowest BCUT2D eigenvalue weighted by Crippen LogP contribution is -2.10. The first-order valence-electron chi connectivity index (χ1n) is 13.6. The fourth-order valence-electron chi connectivity index (χ4n) is 3.41. The van der Waals surface area contributed by atoms with Gasteiger partial charge in [0.1, 0.15) is 17.2 Å². The van der Waals surface area contributed by atoms with E-state index in [9.17, 15) is 14.4 Å². The number of benzene rings is 3. The monoisotopic (exact) mass is 546 g/mol. The van der Waals surface area contributed by atoms with Gasteiger partial charge in [-0.25, -0.2) is 14.4 Å². The molecular formula is C33H38O7. The molecule has 0 heterocycles. The van der Waals surface area contributed by atoms with E-state index in [0.29, 0.717) is 54.4 Å². The van der Waals surface area contributed by atoms with Crippen LogP contribution < -0.4 is 14.2 Å². The molecule has 0 unspecified atom stereocenters. The third-order valence-electron chi connectivity index (χ3n) is 5.56. The van der Waals surface area contributed by atoms with Crippen LogP contribution in [-0.4, -0.2) is 31.1 Å². The molecule has 0 fully saturated rings. The van der Waals surface area contributed by atoms with Gasteiger partial charge in [-0.1, -0.05) is 45.9 Å². The summed E-state index contributed by atoms with van der Waals surface area (Å²) in [5, 5.41) is 0. The van der Waals surface area contributed by atoms with Gasteiger partial charge in [-0.05, 0) is 91.9 Å². The summed E-state index contributed by atoms with van der Waals surface area (Å²) in [7, 11) is 0. The molecule has 40 heavy (non-hydrogen) atoms. The van der Waals surface area contributed by atoms with E-state index in [1.807, 2.05) is 26.0 Å². The van der Waals surface area contributed by atoms with Crippen LogP contribution in [0.4, 0.5) is 0 Å². The maximum atomic E-state index is 12.5. The largest absolute Gasteiger partial charge is 0.494 e. The lowest BCUT2D eigenvalue weighted by molar-refractivity contribution is -0.137. The molecule has 0 aliphatic rings. The predicted octanol–water partition coefficient (Wildman–Crippen LogP) is 7.38. The molecule has 0 aliphatic heterocycles. The maximum absolute atomic E-state index is 12.5. The number of unbranched alkanes of at least 4 members (excludes halogenated alkanes) is 2. The number of rotatable bonds is 14. The fraction of sp³-hybridized carbons (Fsp3) is 0.303. The first-order chi connectivity index (χ1) is 19.5. The second-order valence-corrected chi connectivity index (χ2v) is 8.50. The van der Waals surface area contributed by atoms with Gasteiger partial charge in [0.2, 0.25) is 0 Å². The third kappa shape index (κ3) is 11.2. The smallest absolute Gasteiger partial charge is 0.343 e. The molecular weight excluding hydrogens is 508 g/mol. The van der Waals surface area contributed by atoms with Crippen LogP contribution in [-0.2, 0) is 16.0 Å². The molecule has 3 aromatic rings. The summed E-state index contributed by atoms with van der Waals surface area (Å²) in [6.45, 7) is 10.3. The van der Waals surface area contributed by atoms with Crippen LogP contribution in [0.5, 0.6) is 17.2 Å². The Labute approximate surface area is 236 Å². The molecule has 0 saturated carbocycles. The minimum atomic E-state index is -0.520. The first-order valence-corrected chi connectivity index (χ1v) is 13.6. The fourth-order valence-corrected chi connectivity index (χ4v) is 3.41. The Morgan fingerprint density at radius 3 is 1.65 bits per heavy atom. The Morgan fingerprint density at radius 1 is 0.675 bits per heavy atom. The number of carbonyl (C=O) groups excluding carboxylic acids is 3. The standard InChI is InChI=1S/C31H32O7.C2H6/c1-3-5-8-23-9-11-24(12-10-23)30(33)37-27-17-19-28(20-18-27)38-31(34)25-13-15-26(16-14-25)35-21-6-7-22-36-29(32)4-2;1-2/h4,9-20H,2-3,5-8,21-22H2,1H3;1-2H3. The Kier molecular flexibility index (Phi) is 14.3. The molecule has 0 spiro atoms. The summed E-state index contributed by atoms with van der Waals surface area (Å²) >= 11 is 0. The van der Waals surface area contributed by atoms with Gasteiger partial charge in [-0.15, -0.1) is 0 Å². The van der Waals surface area contributed by atoms with E-state index < -0.39 is 17.9 Å². The molecule has 0 aliphatic carbocycles. The summed E-state index contributed by atoms with van der Waals surface area (Å²) in [5.41, 5.74) is 2.03. The second-order valence-electron chi connectivity index (χ2n) is 8.50. The highest BCUT2D eigenvalue weighted by Gasteiger charge is 2.11. The molecule has 0 atom stereocenters. The van der Waals surface area contributed by atoms with Crippen molar-refractivity contribution >= 4 is 17.9 Å². The van der Waals surface area contributed by atoms with Crippen molar-refractivity contribution in [1.82, 2.24) is 0 Å². The summed E-state index contributed by atoms with van der Waals surface area (Å²) < 4.78 is 21.4. The highest BCUT2D eigenvalue weighted by molar-refractivity contribution is 5.92. The SMILES string of the molecule is C=CC(=O)OCCCCOc1ccc(C(=O)Oc2ccc(OC(=O)c3ccc(CCCC)cc3)cc2)cc1.CC. The topological polar surface area (TPSA) is 88.1 Å². The minimum absolute atomic E-state index is 0.315. The number of carbonyl (C=O) groups is 3. The van der Waals surface area contributed by atoms with E-state index >= 15 is 0 Å². The molecule has 3 rings (SSSR count). The van der Waals surface area contributed by atoms with E-state index in [2.05, 4.69) is 13.5 Å². The summed E-state index contributed by atoms with van der Waals surface area (Å²) in [6, 6.07) is 20.3. The molecule has 0 saturated heterocycles. The van der Waals surface area contributed by atoms with Crippen molar-refractivity contribution in [2.45, 2.75) is 52.9 Å². The van der Waals surface area contributed by atoms with Gasteiger partial charge in [-0.3, -0.25) is 0 Å². The van der Waals surface area contributed by atoms with Gasteiger partial charge in [0, 0.05) is 6.08 Å². The molecule has 7 nitrogen and oxygen atoms in total. The Hall–Kier alpha value is -4.39. The Bertz CT molecular complexity index is 1200. The lowest BCUT2D eigenvalue weighted by Gasteiger charge is -2.09. The summed E-state index contributed by atoms with van der Waals surface area (Å²) in [4.78, 5) is 35.9. The number of esters is 3. The average molecular weight is 547 g/mol. The summed E-state index contributed by atoms with van der Waals surface area (Å²) in [6.07, 6.45) is 5.74. The zero-order chi connectivity index (χ0) is 29.2. The normalized spacial score (nSPS) is 9.97. The molecule has 0 N–H and O–H groups in total. The molecule has 212 valence electrons. The van der Waals surface area contributed by atoms with Crippen LogP contribution in [0.2, 0.25) is 0 Å². The quantitative estimate of drug-likeness (QED) is 0.0902. The second kappa shape index (κ2) is 18.0. The van der Waals surface area contributed by atoms with Gasteiger partial charge < -0.3 is 18.9 Å². The van der Waals surface area contributed by atoms with Crippen LogP contribution >= 0.6 is 0 Å². The van der Waals surface area contributed by atoms with E-state index in [0.717, 1.165) is 25.3 Å². The highest BCUT2D eigenvalue weighted by Crippen LogP contribution is 2.21. The molecule has 0 bridgehead atoms. The molecule has 0 radical (unpaired) electrons. The minimum Gasteiger partial charge on any atom is -0.494 e. The van der Waals surface area contributed by atoms with Crippen molar-refractivity contribution in [3.05, 3.63) is 102 Å². The lowest BCUT2D eigenvalue weighted by atomic mass is 10.1. The maximum Gasteiger partial charge on any atom is 0.343 e. The highest BCUT2D eigenvalue weighted by atomic mass is 16.5. The molecule has 0 aromatic heterocycles. The number of aryl methyl sites for hydroxylation is 1. The van der Waals surface area contributed by atoms with Gasteiger partial charge in [-0.2, -0.15) is 0 Å². The van der Waals surface area contributed by atoms with E-state index in [1.54, 1.807) is 60.7 Å². The zero-order valence-electron chi connectivity index (χ0n) is 23.5. The molecule has 7 heteroatoms. The van der Waals surface area contributed by atoms with Crippen LogP contribution in [0.1, 0.15) is 72.7 Å². The van der Waals surface area contributed by atoms with Gasteiger partial charge in [0.25, 0.3) is 0 Å². The van der Waals surface area contributed by atoms with Crippen LogP contribution in [0.3, 0.4) is 0 Å². The van der Waals surface area contributed by atoms with E-state index in [1.165, 1.54) is 5.56 Å². The van der Waals surface area contributed by atoms with Gasteiger partial charge in [0.05, 0.1) is 24.3 Å². The predicted molar refractivity (Wildman–Crippen MR) is 155 cm³/mol. The van der Waals surface area contributed by atoms with Crippen molar-refractivity contribution in [3.8, 4) is 17.2 Å². The number of hydrogen-bond acceptors (Lipinski definition) is 7. The van der Waals surface area contributed by atoms with E-state index in [-0.39, 0.29) is 0 Å². The number of ether oxygens (including phenoxy) is 4. The summed E-state index contributed by atoms with van der Waals surface area (Å²) in [5.74, 6) is -0.111. The third-order valence-corrected chi connectivity index (χ3v) is 5.56. The van der Waals surface area contributed by atoms with E-state index in [4.69, 9.17) is 18.9 Å². The number of hydrogen-bond donors (Lipinski definition) is 0. The van der Waals surface area contributed by atoms with Crippen molar-refractivity contribution in [3.63, 3.8) is 0 Å². The van der Waals surface area contributed by atoms with Crippen molar-refractivity contribution in [1.29, 1.82) is 0 Å². The molecule has 3 aromatic carbocycles.